The average Bonchev–Trinajstić information content (AvgIpc) is 2.39. The Labute approximate surface area is 120 Å². The topological polar surface area (TPSA) is 38.3 Å². The molecule has 0 fully saturated rings. The van der Waals surface area contributed by atoms with Crippen molar-refractivity contribution in [2.24, 2.45) is 5.92 Å². The zero-order valence-corrected chi connectivity index (χ0v) is 12.5. The second-order valence-electron chi connectivity index (χ2n) is 4.76. The number of hydrogen-bond donors (Lipinski definition) is 1. The fourth-order valence-electron chi connectivity index (χ4n) is 1.81. The van der Waals surface area contributed by atoms with Crippen molar-refractivity contribution in [3.63, 3.8) is 0 Å². The predicted molar refractivity (Wildman–Crippen MR) is 79.0 cm³/mol. The van der Waals surface area contributed by atoms with E-state index in [2.05, 4.69) is 19.2 Å². The highest BCUT2D eigenvalue weighted by molar-refractivity contribution is 6.17. The molecule has 1 aromatic carbocycles. The Morgan fingerprint density at radius 3 is 2.42 bits per heavy atom. The Bertz CT molecular complexity index is 390. The third kappa shape index (κ3) is 5.11. The molecule has 3 nitrogen and oxygen atoms in total. The van der Waals surface area contributed by atoms with Gasteiger partial charge in [0.1, 0.15) is 5.75 Å². The van der Waals surface area contributed by atoms with E-state index in [-0.39, 0.29) is 11.9 Å². The second-order valence-corrected chi connectivity index (χ2v) is 5.14. The van der Waals surface area contributed by atoms with E-state index >= 15 is 0 Å². The van der Waals surface area contributed by atoms with Gasteiger partial charge in [0, 0.05) is 17.5 Å². The van der Waals surface area contributed by atoms with Crippen LogP contribution in [0.2, 0.25) is 0 Å². The molecule has 0 aliphatic rings. The van der Waals surface area contributed by atoms with Crippen molar-refractivity contribution in [2.75, 3.05) is 12.5 Å². The van der Waals surface area contributed by atoms with Crippen LogP contribution in [0.5, 0.6) is 5.75 Å². The standard InChI is InChI=1S/C15H22ClNO2/c1-4-19-13-7-5-12(6-8-13)15(18)17-14(9-10-16)11(2)3/h5-8,11,14H,4,9-10H2,1-3H3,(H,17,18). The Hall–Kier alpha value is -1.22. The molecule has 0 saturated heterocycles. The van der Waals surface area contributed by atoms with E-state index in [4.69, 9.17) is 16.3 Å². The molecule has 0 spiro atoms. The van der Waals surface area contributed by atoms with Crippen LogP contribution in [0.4, 0.5) is 0 Å². The Morgan fingerprint density at radius 1 is 1.32 bits per heavy atom. The third-order valence-corrected chi connectivity index (χ3v) is 3.19. The molecular weight excluding hydrogens is 262 g/mol. The summed E-state index contributed by atoms with van der Waals surface area (Å²) < 4.78 is 5.35. The van der Waals surface area contributed by atoms with Crippen molar-refractivity contribution in [2.45, 2.75) is 33.2 Å². The molecule has 0 aliphatic heterocycles. The molecule has 0 aromatic heterocycles. The van der Waals surface area contributed by atoms with Crippen LogP contribution in [-0.2, 0) is 0 Å². The van der Waals surface area contributed by atoms with E-state index < -0.39 is 0 Å². The van der Waals surface area contributed by atoms with Crippen molar-refractivity contribution in [1.29, 1.82) is 0 Å². The van der Waals surface area contributed by atoms with Gasteiger partial charge in [-0.2, -0.15) is 0 Å². The quantitative estimate of drug-likeness (QED) is 0.778. The maximum Gasteiger partial charge on any atom is 0.251 e. The van der Waals surface area contributed by atoms with Gasteiger partial charge < -0.3 is 10.1 Å². The number of amides is 1. The van der Waals surface area contributed by atoms with Crippen molar-refractivity contribution in [3.8, 4) is 5.75 Å². The zero-order valence-electron chi connectivity index (χ0n) is 11.8. The fraction of sp³-hybridized carbons (Fsp3) is 0.533. The molecule has 1 unspecified atom stereocenters. The normalized spacial score (nSPS) is 12.3. The highest BCUT2D eigenvalue weighted by Gasteiger charge is 2.16. The van der Waals surface area contributed by atoms with Gasteiger partial charge >= 0.3 is 0 Å². The summed E-state index contributed by atoms with van der Waals surface area (Å²) in [6.07, 6.45) is 0.780. The maximum absolute atomic E-state index is 12.1. The first kappa shape index (κ1) is 15.8. The minimum Gasteiger partial charge on any atom is -0.494 e. The summed E-state index contributed by atoms with van der Waals surface area (Å²) in [4.78, 5) is 12.1. The van der Waals surface area contributed by atoms with Gasteiger partial charge in [-0.15, -0.1) is 11.6 Å². The summed E-state index contributed by atoms with van der Waals surface area (Å²) in [5, 5.41) is 3.02. The summed E-state index contributed by atoms with van der Waals surface area (Å²) in [7, 11) is 0. The van der Waals surface area contributed by atoms with Gasteiger partial charge in [0.2, 0.25) is 0 Å². The lowest BCUT2D eigenvalue weighted by atomic mass is 10.0. The van der Waals surface area contributed by atoms with Gasteiger partial charge in [0.25, 0.3) is 5.91 Å². The largest absolute Gasteiger partial charge is 0.494 e. The number of alkyl halides is 1. The summed E-state index contributed by atoms with van der Waals surface area (Å²) >= 11 is 5.76. The molecule has 0 bridgehead atoms. The Morgan fingerprint density at radius 2 is 1.95 bits per heavy atom. The van der Waals surface area contributed by atoms with E-state index in [1.807, 2.05) is 19.1 Å². The first-order chi connectivity index (χ1) is 9.08. The minimum atomic E-state index is -0.0631. The maximum atomic E-state index is 12.1. The zero-order chi connectivity index (χ0) is 14.3. The van der Waals surface area contributed by atoms with Crippen LogP contribution >= 0.6 is 11.6 Å². The van der Waals surface area contributed by atoms with Gasteiger partial charge in [-0.05, 0) is 43.5 Å². The van der Waals surface area contributed by atoms with E-state index in [0.717, 1.165) is 12.2 Å². The molecule has 4 heteroatoms. The molecule has 19 heavy (non-hydrogen) atoms. The number of rotatable bonds is 7. The number of carbonyl (C=O) groups is 1. The van der Waals surface area contributed by atoms with Gasteiger partial charge in [-0.1, -0.05) is 13.8 Å². The van der Waals surface area contributed by atoms with Gasteiger partial charge in [0.05, 0.1) is 6.61 Å². The van der Waals surface area contributed by atoms with Crippen LogP contribution < -0.4 is 10.1 Å². The lowest BCUT2D eigenvalue weighted by molar-refractivity contribution is 0.0925. The lowest BCUT2D eigenvalue weighted by Gasteiger charge is -2.21. The van der Waals surface area contributed by atoms with Crippen LogP contribution in [0.25, 0.3) is 0 Å². The van der Waals surface area contributed by atoms with Crippen molar-refractivity contribution < 1.29 is 9.53 Å². The number of halogens is 1. The molecule has 1 amide bonds. The predicted octanol–water partition coefficient (Wildman–Crippen LogP) is 3.47. The molecule has 106 valence electrons. The van der Waals surface area contributed by atoms with E-state index in [9.17, 15) is 4.79 Å². The number of carbonyl (C=O) groups excluding carboxylic acids is 1. The molecule has 1 N–H and O–H groups in total. The minimum absolute atomic E-state index is 0.0631. The van der Waals surface area contributed by atoms with Crippen LogP contribution in [-0.4, -0.2) is 24.4 Å². The third-order valence-electron chi connectivity index (χ3n) is 2.97. The molecule has 1 rings (SSSR count). The fourth-order valence-corrected chi connectivity index (χ4v) is 2.05. The number of benzene rings is 1. The second kappa shape index (κ2) is 8.05. The first-order valence-electron chi connectivity index (χ1n) is 6.68. The Balaban J connectivity index is 2.66. The van der Waals surface area contributed by atoms with E-state index in [0.29, 0.717) is 24.0 Å². The van der Waals surface area contributed by atoms with Crippen molar-refractivity contribution in [1.82, 2.24) is 5.32 Å². The first-order valence-corrected chi connectivity index (χ1v) is 7.21. The van der Waals surface area contributed by atoms with Gasteiger partial charge in [-0.25, -0.2) is 0 Å². The lowest BCUT2D eigenvalue weighted by Crippen LogP contribution is -2.38. The SMILES string of the molecule is CCOc1ccc(C(=O)NC(CCCl)C(C)C)cc1. The average molecular weight is 284 g/mol. The highest BCUT2D eigenvalue weighted by atomic mass is 35.5. The molecule has 0 aliphatic carbocycles. The monoisotopic (exact) mass is 283 g/mol. The van der Waals surface area contributed by atoms with Gasteiger partial charge in [-0.3, -0.25) is 4.79 Å². The summed E-state index contributed by atoms with van der Waals surface area (Å²) in [6, 6.07) is 7.28. The van der Waals surface area contributed by atoms with E-state index in [1.165, 1.54) is 0 Å². The number of ether oxygens (including phenoxy) is 1. The molecule has 0 radical (unpaired) electrons. The summed E-state index contributed by atoms with van der Waals surface area (Å²) in [5.74, 6) is 1.63. The van der Waals surface area contributed by atoms with Gasteiger partial charge in [0.15, 0.2) is 0 Å². The smallest absolute Gasteiger partial charge is 0.251 e. The number of hydrogen-bond acceptors (Lipinski definition) is 2. The van der Waals surface area contributed by atoms with Crippen LogP contribution in [0, 0.1) is 5.92 Å². The van der Waals surface area contributed by atoms with Crippen molar-refractivity contribution >= 4 is 17.5 Å². The highest BCUT2D eigenvalue weighted by Crippen LogP contribution is 2.13. The van der Waals surface area contributed by atoms with Crippen LogP contribution in [0.1, 0.15) is 37.6 Å². The Kier molecular flexibility index (Phi) is 6.71. The summed E-state index contributed by atoms with van der Waals surface area (Å²) in [5.41, 5.74) is 0.642. The molecule has 1 aromatic rings. The molecule has 0 heterocycles. The van der Waals surface area contributed by atoms with Crippen molar-refractivity contribution in [3.05, 3.63) is 29.8 Å². The number of nitrogens with one attached hydrogen (secondary N) is 1. The molecular formula is C15H22ClNO2. The van der Waals surface area contributed by atoms with E-state index in [1.54, 1.807) is 12.1 Å². The van der Waals surface area contributed by atoms with Crippen LogP contribution in [0.3, 0.4) is 0 Å². The molecule has 0 saturated carbocycles. The molecule has 1 atom stereocenters. The van der Waals surface area contributed by atoms with Crippen LogP contribution in [0.15, 0.2) is 24.3 Å². The summed E-state index contributed by atoms with van der Waals surface area (Å²) in [6.45, 7) is 6.71.